The second kappa shape index (κ2) is 4.93. The Morgan fingerprint density at radius 3 is 2.86 bits per heavy atom. The zero-order chi connectivity index (χ0) is 10.6. The molecule has 0 aliphatic rings. The summed E-state index contributed by atoms with van der Waals surface area (Å²) in [4.78, 5) is 10.2. The lowest BCUT2D eigenvalue weighted by molar-refractivity contribution is -0.385. The highest BCUT2D eigenvalue weighted by molar-refractivity contribution is 6.31. The molecule has 4 nitrogen and oxygen atoms in total. The summed E-state index contributed by atoms with van der Waals surface area (Å²) in [6, 6.07) is 4.69. The van der Waals surface area contributed by atoms with E-state index in [0.29, 0.717) is 17.1 Å². The third kappa shape index (κ3) is 2.43. The summed E-state index contributed by atoms with van der Waals surface area (Å²) in [5, 5.41) is 14.1. The number of hydrogen-bond acceptors (Lipinski definition) is 3. The Morgan fingerprint density at radius 2 is 2.29 bits per heavy atom. The maximum Gasteiger partial charge on any atom is 0.275 e. The van der Waals surface area contributed by atoms with Crippen LogP contribution in [0, 0.1) is 10.1 Å². The fourth-order valence-electron chi connectivity index (χ4n) is 1.14. The van der Waals surface area contributed by atoms with Gasteiger partial charge in [-0.05, 0) is 12.6 Å². The van der Waals surface area contributed by atoms with Gasteiger partial charge in [0.15, 0.2) is 0 Å². The number of nitro benzene ring substituents is 1. The molecule has 5 heteroatoms. The molecule has 0 aliphatic carbocycles. The maximum atomic E-state index is 10.7. The normalized spacial score (nSPS) is 10.1. The molecule has 0 bridgehead atoms. The van der Waals surface area contributed by atoms with Crippen molar-refractivity contribution >= 4 is 17.3 Å². The Kier molecular flexibility index (Phi) is 3.85. The first-order valence-corrected chi connectivity index (χ1v) is 4.67. The van der Waals surface area contributed by atoms with Crippen LogP contribution < -0.4 is 5.32 Å². The van der Waals surface area contributed by atoms with Crippen molar-refractivity contribution in [3.8, 4) is 0 Å². The topological polar surface area (TPSA) is 55.2 Å². The number of nitrogens with zero attached hydrogens (tertiary/aromatic N) is 1. The van der Waals surface area contributed by atoms with E-state index in [4.69, 9.17) is 11.6 Å². The quantitative estimate of drug-likeness (QED) is 0.618. The summed E-state index contributed by atoms with van der Waals surface area (Å²) < 4.78 is 0. The van der Waals surface area contributed by atoms with Crippen LogP contribution in [0.25, 0.3) is 0 Å². The van der Waals surface area contributed by atoms with Crippen molar-refractivity contribution in [1.29, 1.82) is 0 Å². The van der Waals surface area contributed by atoms with E-state index < -0.39 is 4.92 Å². The predicted molar refractivity (Wildman–Crippen MR) is 55.5 cm³/mol. The summed E-state index contributed by atoms with van der Waals surface area (Å²) in [6.45, 7) is 3.11. The fourth-order valence-corrected chi connectivity index (χ4v) is 1.38. The fraction of sp³-hybridized carbons (Fsp3) is 0.333. The van der Waals surface area contributed by atoms with Crippen LogP contribution in [0.3, 0.4) is 0 Å². The van der Waals surface area contributed by atoms with Gasteiger partial charge in [0.1, 0.15) is 0 Å². The van der Waals surface area contributed by atoms with Crippen molar-refractivity contribution in [2.45, 2.75) is 13.5 Å². The summed E-state index contributed by atoms with van der Waals surface area (Å²) in [5.41, 5.74) is 0.611. The molecule has 0 saturated heterocycles. The highest BCUT2D eigenvalue weighted by Gasteiger charge is 2.15. The van der Waals surface area contributed by atoms with Gasteiger partial charge < -0.3 is 5.32 Å². The predicted octanol–water partition coefficient (Wildman–Crippen LogP) is 2.36. The van der Waals surface area contributed by atoms with Gasteiger partial charge in [0.25, 0.3) is 5.69 Å². The number of halogens is 1. The minimum Gasteiger partial charge on any atom is -0.313 e. The van der Waals surface area contributed by atoms with Gasteiger partial charge in [0.05, 0.1) is 15.5 Å². The lowest BCUT2D eigenvalue weighted by atomic mass is 10.2. The third-order valence-electron chi connectivity index (χ3n) is 1.84. The number of benzene rings is 1. The van der Waals surface area contributed by atoms with Crippen molar-refractivity contribution in [3.05, 3.63) is 38.9 Å². The molecule has 14 heavy (non-hydrogen) atoms. The van der Waals surface area contributed by atoms with Crippen molar-refractivity contribution in [2.24, 2.45) is 0 Å². The molecule has 0 aliphatic heterocycles. The largest absolute Gasteiger partial charge is 0.313 e. The van der Waals surface area contributed by atoms with Gasteiger partial charge in [-0.15, -0.1) is 0 Å². The van der Waals surface area contributed by atoms with E-state index in [-0.39, 0.29) is 5.69 Å². The maximum absolute atomic E-state index is 10.7. The van der Waals surface area contributed by atoms with Crippen LogP contribution in [0.4, 0.5) is 5.69 Å². The highest BCUT2D eigenvalue weighted by Crippen LogP contribution is 2.25. The van der Waals surface area contributed by atoms with Gasteiger partial charge >= 0.3 is 0 Å². The Morgan fingerprint density at radius 1 is 1.57 bits per heavy atom. The molecule has 1 aromatic rings. The summed E-state index contributed by atoms with van der Waals surface area (Å²) in [5.74, 6) is 0. The van der Waals surface area contributed by atoms with Crippen LogP contribution in [0.5, 0.6) is 0 Å². The summed E-state index contributed by atoms with van der Waals surface area (Å²) in [7, 11) is 0. The molecule has 0 fully saturated rings. The summed E-state index contributed by atoms with van der Waals surface area (Å²) in [6.07, 6.45) is 0. The Balaban J connectivity index is 3.02. The molecule has 0 spiro atoms. The molecule has 0 aromatic heterocycles. The van der Waals surface area contributed by atoms with E-state index in [1.54, 1.807) is 12.1 Å². The SMILES string of the molecule is CCNCc1c(Cl)cccc1[N+](=O)[O-]. The molecule has 1 rings (SSSR count). The average Bonchev–Trinajstić information content (AvgIpc) is 2.15. The van der Waals surface area contributed by atoms with Crippen LogP contribution in [0.1, 0.15) is 12.5 Å². The van der Waals surface area contributed by atoms with Crippen LogP contribution in [-0.4, -0.2) is 11.5 Å². The molecule has 0 heterocycles. The highest BCUT2D eigenvalue weighted by atomic mass is 35.5. The average molecular weight is 215 g/mol. The first kappa shape index (κ1) is 10.9. The molecule has 0 saturated carbocycles. The number of hydrogen-bond donors (Lipinski definition) is 1. The van der Waals surface area contributed by atoms with Crippen LogP contribution in [-0.2, 0) is 6.54 Å². The van der Waals surface area contributed by atoms with Crippen LogP contribution in [0.2, 0.25) is 5.02 Å². The molecular formula is C9H11ClN2O2. The van der Waals surface area contributed by atoms with Gasteiger partial charge in [0, 0.05) is 12.6 Å². The Bertz CT molecular complexity index is 342. The zero-order valence-corrected chi connectivity index (χ0v) is 8.54. The van der Waals surface area contributed by atoms with Gasteiger partial charge in [-0.2, -0.15) is 0 Å². The van der Waals surface area contributed by atoms with Crippen LogP contribution in [0.15, 0.2) is 18.2 Å². The number of rotatable bonds is 4. The lowest BCUT2D eigenvalue weighted by Gasteiger charge is -2.05. The molecule has 76 valence electrons. The lowest BCUT2D eigenvalue weighted by Crippen LogP contribution is -2.13. The molecule has 0 amide bonds. The monoisotopic (exact) mass is 214 g/mol. The Hall–Kier alpha value is -1.13. The smallest absolute Gasteiger partial charge is 0.275 e. The molecule has 1 N–H and O–H groups in total. The summed E-state index contributed by atoms with van der Waals surface area (Å²) >= 11 is 5.86. The molecule has 0 unspecified atom stereocenters. The van der Waals surface area contributed by atoms with E-state index >= 15 is 0 Å². The molecule has 0 radical (unpaired) electrons. The minimum atomic E-state index is -0.418. The van der Waals surface area contributed by atoms with Crippen molar-refractivity contribution in [3.63, 3.8) is 0 Å². The van der Waals surface area contributed by atoms with Crippen LogP contribution >= 0.6 is 11.6 Å². The molecular weight excluding hydrogens is 204 g/mol. The standard InChI is InChI=1S/C9H11ClN2O2/c1-2-11-6-7-8(10)4-3-5-9(7)12(13)14/h3-5,11H,2,6H2,1H3. The first-order chi connectivity index (χ1) is 6.66. The van der Waals surface area contributed by atoms with Gasteiger partial charge in [-0.25, -0.2) is 0 Å². The number of nitro groups is 1. The second-order valence-electron chi connectivity index (χ2n) is 2.77. The molecule has 0 atom stereocenters. The first-order valence-electron chi connectivity index (χ1n) is 4.29. The van der Waals surface area contributed by atoms with E-state index in [9.17, 15) is 10.1 Å². The van der Waals surface area contributed by atoms with E-state index in [0.717, 1.165) is 6.54 Å². The van der Waals surface area contributed by atoms with Crippen molar-refractivity contribution in [1.82, 2.24) is 5.32 Å². The van der Waals surface area contributed by atoms with Crippen molar-refractivity contribution in [2.75, 3.05) is 6.54 Å². The van der Waals surface area contributed by atoms with E-state index in [2.05, 4.69) is 5.32 Å². The zero-order valence-electron chi connectivity index (χ0n) is 7.79. The molecule has 1 aromatic carbocycles. The number of nitrogens with one attached hydrogen (secondary N) is 1. The minimum absolute atomic E-state index is 0.0680. The second-order valence-corrected chi connectivity index (χ2v) is 3.18. The van der Waals surface area contributed by atoms with Gasteiger partial charge in [-0.3, -0.25) is 10.1 Å². The van der Waals surface area contributed by atoms with Crippen molar-refractivity contribution < 1.29 is 4.92 Å². The Labute approximate surface area is 87.0 Å². The van der Waals surface area contributed by atoms with E-state index in [1.807, 2.05) is 6.92 Å². The van der Waals surface area contributed by atoms with Gasteiger partial charge in [-0.1, -0.05) is 24.6 Å². The van der Waals surface area contributed by atoms with Gasteiger partial charge in [0.2, 0.25) is 0 Å². The third-order valence-corrected chi connectivity index (χ3v) is 2.20. The van der Waals surface area contributed by atoms with E-state index in [1.165, 1.54) is 6.07 Å².